The van der Waals surface area contributed by atoms with Gasteiger partial charge >= 0.3 is 5.97 Å². The largest absolute Gasteiger partial charge is 0.490 e. The molecule has 0 aromatic heterocycles. The molecule has 1 aromatic rings. The van der Waals surface area contributed by atoms with E-state index < -0.39 is 11.4 Å². The van der Waals surface area contributed by atoms with E-state index in [0.29, 0.717) is 5.75 Å². The zero-order valence-corrected chi connectivity index (χ0v) is 9.99. The molecule has 0 bridgehead atoms. The van der Waals surface area contributed by atoms with Gasteiger partial charge in [-0.2, -0.15) is 0 Å². The lowest BCUT2D eigenvalue weighted by atomic mass is 9.91. The van der Waals surface area contributed by atoms with Gasteiger partial charge in [-0.05, 0) is 43.9 Å². The van der Waals surface area contributed by atoms with E-state index in [1.165, 1.54) is 12.1 Å². The topological polar surface area (TPSA) is 46.5 Å². The van der Waals surface area contributed by atoms with Crippen LogP contribution in [-0.4, -0.2) is 17.2 Å². The number of carboxylic acid groups (broad SMARTS) is 1. The second-order valence-corrected chi connectivity index (χ2v) is 5.31. The standard InChI is InChI=1S/C14H15FO3/c15-9-1-4-12(18-10-2-3-10)11(7-9)14(5-6-14)8-13(16)17/h1,4,7,10H,2-3,5-6,8H2,(H,16,17). The third-order valence-electron chi connectivity index (χ3n) is 3.67. The average Bonchev–Trinajstić information content (AvgIpc) is 3.17. The van der Waals surface area contributed by atoms with Crippen molar-refractivity contribution in [3.8, 4) is 5.75 Å². The Morgan fingerprint density at radius 3 is 2.72 bits per heavy atom. The monoisotopic (exact) mass is 250 g/mol. The quantitative estimate of drug-likeness (QED) is 0.874. The first kappa shape index (κ1) is 11.5. The van der Waals surface area contributed by atoms with Crippen LogP contribution in [0, 0.1) is 5.82 Å². The number of carboxylic acids is 1. The van der Waals surface area contributed by atoms with Gasteiger partial charge in [-0.15, -0.1) is 0 Å². The molecule has 3 rings (SSSR count). The highest BCUT2D eigenvalue weighted by Gasteiger charge is 2.48. The zero-order chi connectivity index (χ0) is 12.8. The first-order chi connectivity index (χ1) is 8.59. The van der Waals surface area contributed by atoms with Crippen LogP contribution in [0.3, 0.4) is 0 Å². The third-order valence-corrected chi connectivity index (χ3v) is 3.67. The summed E-state index contributed by atoms with van der Waals surface area (Å²) in [6, 6.07) is 4.44. The van der Waals surface area contributed by atoms with Gasteiger partial charge in [0.25, 0.3) is 0 Å². The lowest BCUT2D eigenvalue weighted by Crippen LogP contribution is -2.15. The summed E-state index contributed by atoms with van der Waals surface area (Å²) in [6.07, 6.45) is 3.94. The Kier molecular flexibility index (Phi) is 2.54. The highest BCUT2D eigenvalue weighted by atomic mass is 19.1. The summed E-state index contributed by atoms with van der Waals surface area (Å²) in [5.74, 6) is -0.503. The predicted octanol–water partition coefficient (Wildman–Crippen LogP) is 2.87. The molecule has 3 nitrogen and oxygen atoms in total. The summed E-state index contributed by atoms with van der Waals surface area (Å²) in [7, 11) is 0. The SMILES string of the molecule is O=C(O)CC1(c2cc(F)ccc2OC2CC2)CC1. The van der Waals surface area contributed by atoms with Crippen LogP contribution in [0.2, 0.25) is 0 Å². The van der Waals surface area contributed by atoms with Crippen molar-refractivity contribution >= 4 is 5.97 Å². The van der Waals surface area contributed by atoms with Crippen LogP contribution in [0.15, 0.2) is 18.2 Å². The first-order valence-corrected chi connectivity index (χ1v) is 6.28. The molecule has 0 aliphatic heterocycles. The molecule has 0 radical (unpaired) electrons. The molecule has 2 fully saturated rings. The molecule has 1 aromatic carbocycles. The van der Waals surface area contributed by atoms with Crippen LogP contribution in [0.5, 0.6) is 5.75 Å². The molecule has 2 aliphatic carbocycles. The van der Waals surface area contributed by atoms with Gasteiger partial charge in [0.15, 0.2) is 0 Å². The minimum absolute atomic E-state index is 0.0531. The Labute approximate surface area is 105 Å². The van der Waals surface area contributed by atoms with Gasteiger partial charge in [0.2, 0.25) is 0 Å². The fourth-order valence-electron chi connectivity index (χ4n) is 2.37. The first-order valence-electron chi connectivity index (χ1n) is 6.28. The average molecular weight is 250 g/mol. The van der Waals surface area contributed by atoms with E-state index >= 15 is 0 Å². The summed E-state index contributed by atoms with van der Waals surface area (Å²) in [5, 5.41) is 8.97. The maximum Gasteiger partial charge on any atom is 0.304 e. The van der Waals surface area contributed by atoms with Crippen molar-refractivity contribution in [2.75, 3.05) is 0 Å². The second kappa shape index (κ2) is 3.97. The number of hydrogen-bond acceptors (Lipinski definition) is 2. The minimum Gasteiger partial charge on any atom is -0.490 e. The van der Waals surface area contributed by atoms with Crippen molar-refractivity contribution in [1.29, 1.82) is 0 Å². The summed E-state index contributed by atoms with van der Waals surface area (Å²) >= 11 is 0. The van der Waals surface area contributed by atoms with E-state index in [2.05, 4.69) is 0 Å². The Morgan fingerprint density at radius 1 is 1.44 bits per heavy atom. The molecule has 0 spiro atoms. The fourth-order valence-corrected chi connectivity index (χ4v) is 2.37. The molecular weight excluding hydrogens is 235 g/mol. The molecular formula is C14H15FO3. The number of rotatable bonds is 5. The van der Waals surface area contributed by atoms with Crippen molar-refractivity contribution in [2.45, 2.75) is 43.6 Å². The van der Waals surface area contributed by atoms with E-state index in [-0.39, 0.29) is 18.3 Å². The van der Waals surface area contributed by atoms with Crippen LogP contribution in [0.4, 0.5) is 4.39 Å². The Balaban J connectivity index is 1.93. The van der Waals surface area contributed by atoms with E-state index in [4.69, 9.17) is 9.84 Å². The summed E-state index contributed by atoms with van der Waals surface area (Å²) in [6.45, 7) is 0. The van der Waals surface area contributed by atoms with Crippen LogP contribution < -0.4 is 4.74 Å². The molecule has 2 saturated carbocycles. The predicted molar refractivity (Wildman–Crippen MR) is 63.2 cm³/mol. The molecule has 18 heavy (non-hydrogen) atoms. The van der Waals surface area contributed by atoms with Gasteiger partial charge in [-0.25, -0.2) is 4.39 Å². The lowest BCUT2D eigenvalue weighted by molar-refractivity contribution is -0.137. The number of hydrogen-bond donors (Lipinski definition) is 1. The molecule has 0 heterocycles. The number of carbonyl (C=O) groups is 1. The molecule has 0 amide bonds. The van der Waals surface area contributed by atoms with Gasteiger partial charge in [0, 0.05) is 11.0 Å². The summed E-state index contributed by atoms with van der Waals surface area (Å²) in [5.41, 5.74) is 0.329. The van der Waals surface area contributed by atoms with Gasteiger partial charge in [-0.1, -0.05) is 0 Å². The van der Waals surface area contributed by atoms with E-state index in [1.54, 1.807) is 6.07 Å². The van der Waals surface area contributed by atoms with Crippen molar-refractivity contribution in [3.05, 3.63) is 29.6 Å². The Bertz CT molecular complexity index is 490. The summed E-state index contributed by atoms with van der Waals surface area (Å²) < 4.78 is 19.2. The number of halogens is 1. The minimum atomic E-state index is -0.839. The molecule has 0 atom stereocenters. The highest BCUT2D eigenvalue weighted by molar-refractivity contribution is 5.70. The third kappa shape index (κ3) is 2.19. The van der Waals surface area contributed by atoms with Gasteiger partial charge < -0.3 is 9.84 Å². The van der Waals surface area contributed by atoms with Gasteiger partial charge in [-0.3, -0.25) is 4.79 Å². The van der Waals surface area contributed by atoms with Crippen LogP contribution in [-0.2, 0) is 10.2 Å². The fraction of sp³-hybridized carbons (Fsp3) is 0.500. The van der Waals surface area contributed by atoms with E-state index in [1.807, 2.05) is 0 Å². The number of benzene rings is 1. The Morgan fingerprint density at radius 2 is 2.17 bits per heavy atom. The lowest BCUT2D eigenvalue weighted by Gasteiger charge is -2.18. The number of aliphatic carboxylic acids is 1. The molecule has 0 unspecified atom stereocenters. The van der Waals surface area contributed by atoms with Crippen LogP contribution in [0.25, 0.3) is 0 Å². The van der Waals surface area contributed by atoms with Crippen molar-refractivity contribution in [3.63, 3.8) is 0 Å². The van der Waals surface area contributed by atoms with Crippen molar-refractivity contribution < 1.29 is 19.0 Å². The van der Waals surface area contributed by atoms with E-state index in [9.17, 15) is 9.18 Å². The van der Waals surface area contributed by atoms with Crippen molar-refractivity contribution in [1.82, 2.24) is 0 Å². The van der Waals surface area contributed by atoms with Gasteiger partial charge in [0.05, 0.1) is 12.5 Å². The Hall–Kier alpha value is -1.58. The van der Waals surface area contributed by atoms with E-state index in [0.717, 1.165) is 31.2 Å². The van der Waals surface area contributed by atoms with Crippen LogP contribution >= 0.6 is 0 Å². The molecule has 4 heteroatoms. The van der Waals surface area contributed by atoms with Gasteiger partial charge in [0.1, 0.15) is 11.6 Å². The molecule has 96 valence electrons. The smallest absolute Gasteiger partial charge is 0.304 e. The maximum absolute atomic E-state index is 13.4. The second-order valence-electron chi connectivity index (χ2n) is 5.31. The zero-order valence-electron chi connectivity index (χ0n) is 9.99. The number of ether oxygens (including phenoxy) is 1. The molecule has 2 aliphatic rings. The molecule has 1 N–H and O–H groups in total. The summed E-state index contributed by atoms with van der Waals surface area (Å²) in [4.78, 5) is 10.9. The van der Waals surface area contributed by atoms with Crippen LogP contribution in [0.1, 0.15) is 37.7 Å². The molecule has 0 saturated heterocycles. The maximum atomic E-state index is 13.4. The highest BCUT2D eigenvalue weighted by Crippen LogP contribution is 2.54. The normalized spacial score (nSPS) is 20.5. The van der Waals surface area contributed by atoms with Crippen molar-refractivity contribution in [2.24, 2.45) is 0 Å².